The summed E-state index contributed by atoms with van der Waals surface area (Å²) in [6.45, 7) is 6.81. The minimum absolute atomic E-state index is 0.523. The van der Waals surface area contributed by atoms with Crippen molar-refractivity contribution in [2.75, 3.05) is 6.61 Å². The van der Waals surface area contributed by atoms with Gasteiger partial charge in [0.1, 0.15) is 23.8 Å². The highest BCUT2D eigenvalue weighted by Crippen LogP contribution is 2.24. The van der Waals surface area contributed by atoms with Gasteiger partial charge < -0.3 is 14.4 Å². The molecule has 24 heavy (non-hydrogen) atoms. The lowest BCUT2D eigenvalue weighted by molar-refractivity contribution is 0.0644. The zero-order chi connectivity index (χ0) is 17.2. The normalized spacial score (nSPS) is 11.8. The van der Waals surface area contributed by atoms with E-state index in [1.54, 1.807) is 13.8 Å². The minimum Gasteiger partial charge on any atom is -0.492 e. The molecular weight excluding hydrogens is 300 g/mol. The van der Waals surface area contributed by atoms with Gasteiger partial charge in [-0.1, -0.05) is 31.2 Å². The third-order valence-electron chi connectivity index (χ3n) is 4.12. The molecule has 0 saturated heterocycles. The number of aliphatic hydroxyl groups is 1. The molecule has 4 nitrogen and oxygen atoms in total. The van der Waals surface area contributed by atoms with Gasteiger partial charge in [-0.3, -0.25) is 0 Å². The molecule has 0 amide bonds. The summed E-state index contributed by atoms with van der Waals surface area (Å²) < 4.78 is 7.90. The number of fused-ring (bicyclic) bond motifs is 1. The van der Waals surface area contributed by atoms with Gasteiger partial charge in [-0.05, 0) is 50.1 Å². The number of aromatic nitrogens is 2. The first-order valence-corrected chi connectivity index (χ1v) is 8.39. The Morgan fingerprint density at radius 1 is 1.08 bits per heavy atom. The third-order valence-corrected chi connectivity index (χ3v) is 4.12. The molecule has 0 aliphatic rings. The number of ether oxygens (including phenoxy) is 1. The van der Waals surface area contributed by atoms with Crippen LogP contribution in [0.1, 0.15) is 32.2 Å². The van der Waals surface area contributed by atoms with Gasteiger partial charge in [0, 0.05) is 0 Å². The maximum atomic E-state index is 10.4. The molecule has 3 rings (SSSR count). The first-order chi connectivity index (χ1) is 11.5. The smallest absolute Gasteiger partial charge is 0.141 e. The summed E-state index contributed by atoms with van der Waals surface area (Å²) in [7, 11) is 0. The van der Waals surface area contributed by atoms with E-state index in [9.17, 15) is 5.11 Å². The van der Waals surface area contributed by atoms with Gasteiger partial charge in [-0.25, -0.2) is 4.98 Å². The predicted molar refractivity (Wildman–Crippen MR) is 96.3 cm³/mol. The van der Waals surface area contributed by atoms with Crippen LogP contribution in [0.2, 0.25) is 0 Å². The first-order valence-electron chi connectivity index (χ1n) is 8.39. The standard InChI is InChI=1S/C20H24N2O2/c1-4-15-9-11-16(12-10-15)24-14-13-22-18-8-6-5-7-17(18)21-19(22)20(2,3)23/h5-12,23H,4,13-14H2,1-3H3. The molecule has 0 saturated carbocycles. The molecule has 0 spiro atoms. The van der Waals surface area contributed by atoms with Gasteiger partial charge in [0.05, 0.1) is 17.6 Å². The molecule has 0 fully saturated rings. The van der Waals surface area contributed by atoms with Crippen molar-refractivity contribution in [2.24, 2.45) is 0 Å². The number of aryl methyl sites for hydroxylation is 1. The molecule has 0 radical (unpaired) electrons. The van der Waals surface area contributed by atoms with Crippen LogP contribution in [0.4, 0.5) is 0 Å². The van der Waals surface area contributed by atoms with E-state index in [1.807, 2.05) is 41.0 Å². The Morgan fingerprint density at radius 3 is 2.46 bits per heavy atom. The molecule has 1 aromatic heterocycles. The van der Waals surface area contributed by atoms with Gasteiger partial charge in [0.25, 0.3) is 0 Å². The van der Waals surface area contributed by atoms with Gasteiger partial charge in [-0.15, -0.1) is 0 Å². The number of imidazole rings is 1. The second-order valence-corrected chi connectivity index (χ2v) is 6.48. The molecule has 3 aromatic rings. The lowest BCUT2D eigenvalue weighted by Gasteiger charge is -2.19. The summed E-state index contributed by atoms with van der Waals surface area (Å²) in [5, 5.41) is 10.4. The quantitative estimate of drug-likeness (QED) is 0.748. The van der Waals surface area contributed by atoms with Crippen LogP contribution in [0.5, 0.6) is 5.75 Å². The second kappa shape index (κ2) is 6.65. The van der Waals surface area contributed by atoms with E-state index in [4.69, 9.17) is 4.74 Å². The zero-order valence-corrected chi connectivity index (χ0v) is 14.5. The summed E-state index contributed by atoms with van der Waals surface area (Å²) in [6.07, 6.45) is 1.02. The van der Waals surface area contributed by atoms with Crippen LogP contribution in [0.15, 0.2) is 48.5 Å². The largest absolute Gasteiger partial charge is 0.492 e. The van der Waals surface area contributed by atoms with Crippen molar-refractivity contribution in [1.29, 1.82) is 0 Å². The van der Waals surface area contributed by atoms with Gasteiger partial charge >= 0.3 is 0 Å². The highest BCUT2D eigenvalue weighted by atomic mass is 16.5. The molecular formula is C20H24N2O2. The summed E-state index contributed by atoms with van der Waals surface area (Å²) in [5.41, 5.74) is 2.20. The Bertz CT molecular complexity index is 814. The second-order valence-electron chi connectivity index (χ2n) is 6.48. The maximum absolute atomic E-state index is 10.4. The zero-order valence-electron chi connectivity index (χ0n) is 14.5. The fraction of sp³-hybridized carbons (Fsp3) is 0.350. The van der Waals surface area contributed by atoms with E-state index in [0.717, 1.165) is 23.2 Å². The molecule has 0 atom stereocenters. The molecule has 0 aliphatic carbocycles. The SMILES string of the molecule is CCc1ccc(OCCn2c(C(C)(C)O)nc3ccccc32)cc1. The Hall–Kier alpha value is -2.33. The fourth-order valence-electron chi connectivity index (χ4n) is 2.85. The fourth-order valence-corrected chi connectivity index (χ4v) is 2.85. The number of hydrogen-bond donors (Lipinski definition) is 1. The molecule has 1 N–H and O–H groups in total. The van der Waals surface area contributed by atoms with Gasteiger partial charge in [0.15, 0.2) is 0 Å². The number of nitrogens with zero attached hydrogens (tertiary/aromatic N) is 2. The van der Waals surface area contributed by atoms with E-state index in [0.29, 0.717) is 19.0 Å². The van der Waals surface area contributed by atoms with Crippen molar-refractivity contribution in [3.63, 3.8) is 0 Å². The predicted octanol–water partition coefficient (Wildman–Crippen LogP) is 3.91. The molecule has 0 unspecified atom stereocenters. The van der Waals surface area contributed by atoms with E-state index in [-0.39, 0.29) is 0 Å². The van der Waals surface area contributed by atoms with Crippen LogP contribution in [-0.2, 0) is 18.6 Å². The molecule has 0 aliphatic heterocycles. The van der Waals surface area contributed by atoms with Crippen molar-refractivity contribution < 1.29 is 9.84 Å². The van der Waals surface area contributed by atoms with E-state index in [2.05, 4.69) is 24.0 Å². The number of hydrogen-bond acceptors (Lipinski definition) is 3. The summed E-state index contributed by atoms with van der Waals surface area (Å²) in [4.78, 5) is 4.59. The number of rotatable bonds is 6. The van der Waals surface area contributed by atoms with Crippen LogP contribution in [-0.4, -0.2) is 21.3 Å². The number of benzene rings is 2. The maximum Gasteiger partial charge on any atom is 0.141 e. The highest BCUT2D eigenvalue weighted by molar-refractivity contribution is 5.76. The van der Waals surface area contributed by atoms with Crippen LogP contribution in [0.25, 0.3) is 11.0 Å². The van der Waals surface area contributed by atoms with Crippen LogP contribution in [0.3, 0.4) is 0 Å². The third kappa shape index (κ3) is 3.44. The highest BCUT2D eigenvalue weighted by Gasteiger charge is 2.24. The minimum atomic E-state index is -0.998. The summed E-state index contributed by atoms with van der Waals surface area (Å²) in [6, 6.07) is 16.1. The molecule has 126 valence electrons. The van der Waals surface area contributed by atoms with Crippen molar-refractivity contribution in [1.82, 2.24) is 9.55 Å². The lowest BCUT2D eigenvalue weighted by atomic mass is 10.1. The summed E-state index contributed by atoms with van der Waals surface area (Å²) >= 11 is 0. The molecule has 1 heterocycles. The van der Waals surface area contributed by atoms with Crippen molar-refractivity contribution in [2.45, 2.75) is 39.3 Å². The topological polar surface area (TPSA) is 47.3 Å². The Morgan fingerprint density at radius 2 is 1.79 bits per heavy atom. The van der Waals surface area contributed by atoms with Gasteiger partial charge in [0.2, 0.25) is 0 Å². The monoisotopic (exact) mass is 324 g/mol. The Labute approximate surface area is 142 Å². The molecule has 2 aromatic carbocycles. The molecule has 4 heteroatoms. The van der Waals surface area contributed by atoms with E-state index >= 15 is 0 Å². The summed E-state index contributed by atoms with van der Waals surface area (Å²) in [5.74, 6) is 1.52. The van der Waals surface area contributed by atoms with E-state index < -0.39 is 5.60 Å². The first kappa shape index (κ1) is 16.5. The average Bonchev–Trinajstić information content (AvgIpc) is 2.95. The molecule has 0 bridgehead atoms. The van der Waals surface area contributed by atoms with E-state index in [1.165, 1.54) is 5.56 Å². The van der Waals surface area contributed by atoms with Gasteiger partial charge in [-0.2, -0.15) is 0 Å². The lowest BCUT2D eigenvalue weighted by Crippen LogP contribution is -2.23. The number of para-hydroxylation sites is 2. The Kier molecular flexibility index (Phi) is 4.58. The van der Waals surface area contributed by atoms with Crippen LogP contribution >= 0.6 is 0 Å². The van der Waals surface area contributed by atoms with Crippen molar-refractivity contribution in [3.8, 4) is 5.75 Å². The van der Waals surface area contributed by atoms with Crippen molar-refractivity contribution in [3.05, 3.63) is 59.9 Å². The van der Waals surface area contributed by atoms with Crippen LogP contribution < -0.4 is 4.74 Å². The van der Waals surface area contributed by atoms with Crippen molar-refractivity contribution >= 4 is 11.0 Å². The van der Waals surface area contributed by atoms with Crippen LogP contribution in [0, 0.1) is 0 Å². The Balaban J connectivity index is 1.78. The average molecular weight is 324 g/mol.